The van der Waals surface area contributed by atoms with Crippen molar-refractivity contribution in [2.24, 2.45) is 0 Å². The molecule has 0 saturated carbocycles. The highest BCUT2D eigenvalue weighted by molar-refractivity contribution is 5.94. The number of benzene rings is 2. The van der Waals surface area contributed by atoms with Gasteiger partial charge in [-0.25, -0.2) is 4.68 Å². The second kappa shape index (κ2) is 7.39. The van der Waals surface area contributed by atoms with E-state index >= 15 is 0 Å². The molecule has 0 bridgehead atoms. The SMILES string of the molecule is O=C1CCCCN1c1cccc(NCc2cn(-c3ccccc3)nn2)c1. The molecule has 4 rings (SSSR count). The Morgan fingerprint density at radius 1 is 1.00 bits per heavy atom. The maximum Gasteiger partial charge on any atom is 0.226 e. The van der Waals surface area contributed by atoms with Gasteiger partial charge in [-0.2, -0.15) is 0 Å². The number of anilines is 2. The van der Waals surface area contributed by atoms with Crippen molar-refractivity contribution in [1.82, 2.24) is 15.0 Å². The Kier molecular flexibility index (Phi) is 4.64. The third kappa shape index (κ3) is 3.59. The van der Waals surface area contributed by atoms with Gasteiger partial charge in [-0.05, 0) is 43.2 Å². The summed E-state index contributed by atoms with van der Waals surface area (Å²) in [7, 11) is 0. The lowest BCUT2D eigenvalue weighted by molar-refractivity contribution is -0.119. The molecule has 1 aromatic heterocycles. The molecule has 0 spiro atoms. The van der Waals surface area contributed by atoms with Crippen LogP contribution in [0.25, 0.3) is 5.69 Å². The molecule has 1 saturated heterocycles. The maximum absolute atomic E-state index is 12.1. The Bertz CT molecular complexity index is 890. The molecule has 2 heterocycles. The van der Waals surface area contributed by atoms with E-state index in [0.717, 1.165) is 42.1 Å². The van der Waals surface area contributed by atoms with Crippen molar-refractivity contribution < 1.29 is 4.79 Å². The first-order valence-corrected chi connectivity index (χ1v) is 8.90. The van der Waals surface area contributed by atoms with Crippen molar-refractivity contribution >= 4 is 17.3 Å². The first kappa shape index (κ1) is 16.3. The molecular formula is C20H21N5O. The van der Waals surface area contributed by atoms with Gasteiger partial charge in [-0.15, -0.1) is 5.10 Å². The lowest BCUT2D eigenvalue weighted by Crippen LogP contribution is -2.35. The van der Waals surface area contributed by atoms with E-state index in [-0.39, 0.29) is 5.91 Å². The third-order valence-corrected chi connectivity index (χ3v) is 4.52. The summed E-state index contributed by atoms with van der Waals surface area (Å²) in [6.07, 6.45) is 4.61. The first-order chi connectivity index (χ1) is 12.8. The van der Waals surface area contributed by atoms with Crippen molar-refractivity contribution in [2.75, 3.05) is 16.8 Å². The standard InChI is InChI=1S/C20H21N5O/c26-20-11-4-5-12-24(20)19-10-6-7-16(13-19)21-14-17-15-25(23-22-17)18-8-2-1-3-9-18/h1-3,6-10,13,15,21H,4-5,11-12,14H2. The molecule has 3 aromatic rings. The predicted octanol–water partition coefficient (Wildman–Crippen LogP) is 3.40. The summed E-state index contributed by atoms with van der Waals surface area (Å²) in [5, 5.41) is 11.8. The number of aromatic nitrogens is 3. The van der Waals surface area contributed by atoms with E-state index in [1.807, 2.05) is 65.7 Å². The van der Waals surface area contributed by atoms with Gasteiger partial charge in [-0.3, -0.25) is 4.79 Å². The Hall–Kier alpha value is -3.15. The zero-order valence-corrected chi connectivity index (χ0v) is 14.5. The lowest BCUT2D eigenvalue weighted by atomic mass is 10.1. The molecule has 2 aromatic carbocycles. The molecule has 6 heteroatoms. The number of carbonyl (C=O) groups excluding carboxylic acids is 1. The van der Waals surface area contributed by atoms with E-state index in [2.05, 4.69) is 15.6 Å². The molecule has 1 amide bonds. The number of nitrogens with zero attached hydrogens (tertiary/aromatic N) is 4. The fourth-order valence-corrected chi connectivity index (χ4v) is 3.14. The van der Waals surface area contributed by atoms with E-state index < -0.39 is 0 Å². The van der Waals surface area contributed by atoms with Crippen LogP contribution in [-0.4, -0.2) is 27.4 Å². The molecule has 0 unspecified atom stereocenters. The minimum atomic E-state index is 0.208. The second-order valence-electron chi connectivity index (χ2n) is 6.40. The van der Waals surface area contributed by atoms with Crippen LogP contribution >= 0.6 is 0 Å². The van der Waals surface area contributed by atoms with Crippen LogP contribution in [0.4, 0.5) is 11.4 Å². The number of rotatable bonds is 5. The summed E-state index contributed by atoms with van der Waals surface area (Å²) in [6, 6.07) is 17.9. The first-order valence-electron chi connectivity index (χ1n) is 8.90. The van der Waals surface area contributed by atoms with E-state index in [9.17, 15) is 4.79 Å². The molecule has 26 heavy (non-hydrogen) atoms. The average molecular weight is 347 g/mol. The number of carbonyl (C=O) groups is 1. The van der Waals surface area contributed by atoms with Gasteiger partial charge in [0.25, 0.3) is 0 Å². The number of amides is 1. The van der Waals surface area contributed by atoms with Gasteiger partial charge in [0.1, 0.15) is 5.69 Å². The zero-order chi connectivity index (χ0) is 17.8. The van der Waals surface area contributed by atoms with Crippen LogP contribution in [-0.2, 0) is 11.3 Å². The third-order valence-electron chi connectivity index (χ3n) is 4.52. The predicted molar refractivity (Wildman–Crippen MR) is 101 cm³/mol. The highest BCUT2D eigenvalue weighted by atomic mass is 16.2. The van der Waals surface area contributed by atoms with Crippen molar-refractivity contribution in [2.45, 2.75) is 25.8 Å². The molecule has 0 atom stereocenters. The van der Waals surface area contributed by atoms with Crippen LogP contribution in [0.1, 0.15) is 25.0 Å². The number of para-hydroxylation sites is 1. The number of hydrogen-bond donors (Lipinski definition) is 1. The van der Waals surface area contributed by atoms with Gasteiger partial charge >= 0.3 is 0 Å². The number of nitrogens with one attached hydrogen (secondary N) is 1. The summed E-state index contributed by atoms with van der Waals surface area (Å²) in [4.78, 5) is 14.0. The van der Waals surface area contributed by atoms with Crippen LogP contribution in [0.15, 0.2) is 60.8 Å². The fourth-order valence-electron chi connectivity index (χ4n) is 3.14. The van der Waals surface area contributed by atoms with Gasteiger partial charge in [0.15, 0.2) is 0 Å². The van der Waals surface area contributed by atoms with E-state index in [1.165, 1.54) is 0 Å². The maximum atomic E-state index is 12.1. The normalized spacial score (nSPS) is 14.5. The minimum absolute atomic E-state index is 0.208. The van der Waals surface area contributed by atoms with E-state index in [4.69, 9.17) is 0 Å². The van der Waals surface area contributed by atoms with Crippen LogP contribution in [0.2, 0.25) is 0 Å². The Morgan fingerprint density at radius 3 is 2.69 bits per heavy atom. The minimum Gasteiger partial charge on any atom is -0.379 e. The molecule has 0 radical (unpaired) electrons. The Morgan fingerprint density at radius 2 is 1.85 bits per heavy atom. The van der Waals surface area contributed by atoms with Gasteiger partial charge < -0.3 is 10.2 Å². The highest BCUT2D eigenvalue weighted by Crippen LogP contribution is 2.24. The van der Waals surface area contributed by atoms with Crippen LogP contribution in [0.3, 0.4) is 0 Å². The van der Waals surface area contributed by atoms with Crippen molar-refractivity contribution in [3.05, 3.63) is 66.5 Å². The molecule has 1 aliphatic heterocycles. The van der Waals surface area contributed by atoms with Gasteiger partial charge in [-0.1, -0.05) is 29.5 Å². The van der Waals surface area contributed by atoms with Crippen LogP contribution in [0.5, 0.6) is 0 Å². The topological polar surface area (TPSA) is 63.1 Å². The molecule has 132 valence electrons. The Labute approximate surface area is 152 Å². The molecule has 1 aliphatic rings. The monoisotopic (exact) mass is 347 g/mol. The van der Waals surface area contributed by atoms with Crippen LogP contribution < -0.4 is 10.2 Å². The number of hydrogen-bond acceptors (Lipinski definition) is 4. The van der Waals surface area contributed by atoms with E-state index in [0.29, 0.717) is 13.0 Å². The fraction of sp³-hybridized carbons (Fsp3) is 0.250. The summed E-state index contributed by atoms with van der Waals surface area (Å²) in [5.41, 5.74) is 3.76. The molecule has 1 N–H and O–H groups in total. The Balaban J connectivity index is 1.43. The van der Waals surface area contributed by atoms with Gasteiger partial charge in [0.05, 0.1) is 18.4 Å². The summed E-state index contributed by atoms with van der Waals surface area (Å²) in [5.74, 6) is 0.208. The second-order valence-corrected chi connectivity index (χ2v) is 6.40. The van der Waals surface area contributed by atoms with Crippen molar-refractivity contribution in [1.29, 1.82) is 0 Å². The molecular weight excluding hydrogens is 326 g/mol. The van der Waals surface area contributed by atoms with Crippen molar-refractivity contribution in [3.63, 3.8) is 0 Å². The van der Waals surface area contributed by atoms with Crippen LogP contribution in [0, 0.1) is 0 Å². The number of piperidine rings is 1. The van der Waals surface area contributed by atoms with Crippen molar-refractivity contribution in [3.8, 4) is 5.69 Å². The van der Waals surface area contributed by atoms with Gasteiger partial charge in [0.2, 0.25) is 5.91 Å². The molecule has 6 nitrogen and oxygen atoms in total. The smallest absolute Gasteiger partial charge is 0.226 e. The highest BCUT2D eigenvalue weighted by Gasteiger charge is 2.19. The average Bonchev–Trinajstić information content (AvgIpc) is 3.17. The molecule has 1 fully saturated rings. The summed E-state index contributed by atoms with van der Waals surface area (Å²) in [6.45, 7) is 1.37. The lowest BCUT2D eigenvalue weighted by Gasteiger charge is -2.27. The van der Waals surface area contributed by atoms with Gasteiger partial charge in [0, 0.05) is 24.3 Å². The largest absolute Gasteiger partial charge is 0.379 e. The quantitative estimate of drug-likeness (QED) is 0.768. The molecule has 0 aliphatic carbocycles. The van der Waals surface area contributed by atoms with E-state index in [1.54, 1.807) is 4.68 Å². The summed E-state index contributed by atoms with van der Waals surface area (Å²) < 4.78 is 1.76. The zero-order valence-electron chi connectivity index (χ0n) is 14.5. The summed E-state index contributed by atoms with van der Waals surface area (Å²) >= 11 is 0.